The minimum absolute atomic E-state index is 0.454. The Hall–Kier alpha value is -1.79. The van der Waals surface area contributed by atoms with Gasteiger partial charge in [0.25, 0.3) is 0 Å². The molecule has 0 spiro atoms. The number of nitrogens with one attached hydrogen (secondary N) is 2. The fourth-order valence-corrected chi connectivity index (χ4v) is 3.44. The van der Waals surface area contributed by atoms with Crippen LogP contribution in [0.25, 0.3) is 0 Å². The number of hydrogen-bond donors (Lipinski definition) is 2. The van der Waals surface area contributed by atoms with Crippen LogP contribution in [0.4, 0.5) is 5.69 Å². The van der Waals surface area contributed by atoms with E-state index in [-0.39, 0.29) is 0 Å². The van der Waals surface area contributed by atoms with E-state index in [1.54, 1.807) is 26.4 Å². The van der Waals surface area contributed by atoms with E-state index in [1.165, 1.54) is 0 Å². The average molecular weight is 336 g/mol. The highest BCUT2D eigenvalue weighted by atomic mass is 32.2. The van der Waals surface area contributed by atoms with Gasteiger partial charge in [0, 0.05) is 24.3 Å². The Morgan fingerprint density at radius 2 is 1.83 bits per heavy atom. The van der Waals surface area contributed by atoms with Gasteiger partial charge in [-0.15, -0.1) is 0 Å². The van der Waals surface area contributed by atoms with E-state index in [9.17, 15) is 8.42 Å². The molecule has 0 bridgehead atoms. The Labute approximate surface area is 138 Å². The normalized spacial score (nSPS) is 12.3. The second kappa shape index (κ2) is 7.19. The first-order valence-corrected chi connectivity index (χ1v) is 9.20. The third-order valence-electron chi connectivity index (χ3n) is 3.87. The summed E-state index contributed by atoms with van der Waals surface area (Å²) < 4.78 is 31.6. The first kappa shape index (κ1) is 17.6. The maximum atomic E-state index is 12.4. The molecule has 0 aliphatic heterocycles. The summed E-state index contributed by atoms with van der Waals surface area (Å²) in [7, 11) is -3.42. The molecule has 2 aromatic rings. The van der Waals surface area contributed by atoms with E-state index in [0.29, 0.717) is 13.1 Å². The molecule has 0 aliphatic rings. The summed E-state index contributed by atoms with van der Waals surface area (Å²) in [6.07, 6.45) is 4.10. The zero-order valence-corrected chi connectivity index (χ0v) is 14.6. The predicted octanol–water partition coefficient (Wildman–Crippen LogP) is 3.46. The molecule has 5 nitrogen and oxygen atoms in total. The van der Waals surface area contributed by atoms with Crippen molar-refractivity contribution in [1.29, 1.82) is 0 Å². The molecule has 0 unspecified atom stereocenters. The number of rotatable bonds is 8. The van der Waals surface area contributed by atoms with E-state index in [1.807, 2.05) is 37.3 Å². The summed E-state index contributed by atoms with van der Waals surface area (Å²) >= 11 is 0. The molecule has 2 rings (SSSR count). The number of anilines is 1. The quantitative estimate of drug-likeness (QED) is 0.774. The Balaban J connectivity index is 2.08. The maximum absolute atomic E-state index is 12.4. The molecule has 0 aliphatic carbocycles. The predicted molar refractivity (Wildman–Crippen MR) is 92.7 cm³/mol. The van der Waals surface area contributed by atoms with Gasteiger partial charge in [-0.05, 0) is 44.0 Å². The van der Waals surface area contributed by atoms with Crippen molar-refractivity contribution in [2.24, 2.45) is 0 Å². The lowest BCUT2D eigenvalue weighted by molar-refractivity contribution is 0.539. The lowest BCUT2D eigenvalue weighted by Gasteiger charge is -2.26. The van der Waals surface area contributed by atoms with Gasteiger partial charge < -0.3 is 9.73 Å². The van der Waals surface area contributed by atoms with Crippen molar-refractivity contribution in [3.8, 4) is 0 Å². The van der Waals surface area contributed by atoms with E-state index in [4.69, 9.17) is 4.42 Å². The van der Waals surface area contributed by atoms with Gasteiger partial charge in [0.2, 0.25) is 10.0 Å². The minimum Gasteiger partial charge on any atom is -0.472 e. The first-order valence-electron chi connectivity index (χ1n) is 7.71. The average Bonchev–Trinajstić information content (AvgIpc) is 3.04. The van der Waals surface area contributed by atoms with Crippen LogP contribution in [-0.4, -0.2) is 15.0 Å². The Bertz CT molecular complexity index is 705. The van der Waals surface area contributed by atoms with Gasteiger partial charge in [0.1, 0.15) is 4.75 Å². The fraction of sp³-hybridized carbons (Fsp3) is 0.412. The summed E-state index contributed by atoms with van der Waals surface area (Å²) in [6, 6.07) is 9.39. The third-order valence-corrected chi connectivity index (χ3v) is 6.03. The third kappa shape index (κ3) is 4.14. The van der Waals surface area contributed by atoms with Gasteiger partial charge in [0.15, 0.2) is 0 Å². The van der Waals surface area contributed by atoms with Crippen molar-refractivity contribution in [3.63, 3.8) is 0 Å². The van der Waals surface area contributed by atoms with Gasteiger partial charge in [-0.2, -0.15) is 0 Å². The standard InChI is InChI=1S/C17H24N2O3S/c1-4-10-19-23(20,21)17(2,3)15-5-7-16(8-6-15)18-12-14-9-11-22-13-14/h5-9,11,13,18-19H,4,10,12H2,1-3H3. The van der Waals surface area contributed by atoms with Gasteiger partial charge in [0.05, 0.1) is 12.5 Å². The van der Waals surface area contributed by atoms with Crippen molar-refractivity contribution < 1.29 is 12.8 Å². The summed E-state index contributed by atoms with van der Waals surface area (Å²) in [6.45, 7) is 6.50. The Kier molecular flexibility index (Phi) is 5.49. The van der Waals surface area contributed by atoms with Crippen molar-refractivity contribution in [3.05, 3.63) is 54.0 Å². The Morgan fingerprint density at radius 1 is 1.13 bits per heavy atom. The topological polar surface area (TPSA) is 71.3 Å². The molecule has 1 aromatic heterocycles. The summed E-state index contributed by atoms with van der Waals surface area (Å²) in [4.78, 5) is 0. The molecule has 2 N–H and O–H groups in total. The molecule has 0 atom stereocenters. The van der Waals surface area contributed by atoms with E-state index in [2.05, 4.69) is 10.0 Å². The highest BCUT2D eigenvalue weighted by Gasteiger charge is 2.35. The lowest BCUT2D eigenvalue weighted by atomic mass is 10.0. The highest BCUT2D eigenvalue weighted by molar-refractivity contribution is 7.90. The van der Waals surface area contributed by atoms with Crippen molar-refractivity contribution in [1.82, 2.24) is 4.72 Å². The van der Waals surface area contributed by atoms with Crippen LogP contribution in [0.1, 0.15) is 38.3 Å². The number of sulfonamides is 1. The number of benzene rings is 1. The van der Waals surface area contributed by atoms with E-state index >= 15 is 0 Å². The number of hydrogen-bond acceptors (Lipinski definition) is 4. The van der Waals surface area contributed by atoms with Gasteiger partial charge >= 0.3 is 0 Å². The Morgan fingerprint density at radius 3 is 2.39 bits per heavy atom. The van der Waals surface area contributed by atoms with Gasteiger partial charge in [-0.25, -0.2) is 13.1 Å². The summed E-state index contributed by atoms with van der Waals surface area (Å²) in [5, 5.41) is 3.27. The fourth-order valence-electron chi connectivity index (χ4n) is 2.16. The van der Waals surface area contributed by atoms with Crippen molar-refractivity contribution >= 4 is 15.7 Å². The monoisotopic (exact) mass is 336 g/mol. The molecule has 23 heavy (non-hydrogen) atoms. The molecule has 0 fully saturated rings. The molecule has 0 saturated carbocycles. The van der Waals surface area contributed by atoms with Crippen LogP contribution >= 0.6 is 0 Å². The molecule has 6 heteroatoms. The lowest BCUT2D eigenvalue weighted by Crippen LogP contribution is -2.39. The molecule has 0 saturated heterocycles. The van der Waals surface area contributed by atoms with Crippen LogP contribution < -0.4 is 10.0 Å². The zero-order chi connectivity index (χ0) is 16.9. The molecule has 1 aromatic carbocycles. The van der Waals surface area contributed by atoms with E-state index in [0.717, 1.165) is 23.2 Å². The molecule has 0 amide bonds. The second-order valence-electron chi connectivity index (χ2n) is 5.97. The van der Waals surface area contributed by atoms with Crippen LogP contribution in [-0.2, 0) is 21.3 Å². The van der Waals surface area contributed by atoms with Gasteiger partial charge in [-0.1, -0.05) is 19.1 Å². The molecule has 0 radical (unpaired) electrons. The molecular formula is C17H24N2O3S. The van der Waals surface area contributed by atoms with Crippen LogP contribution in [0.3, 0.4) is 0 Å². The van der Waals surface area contributed by atoms with Gasteiger partial charge in [-0.3, -0.25) is 0 Å². The van der Waals surface area contributed by atoms with Crippen molar-refractivity contribution in [2.75, 3.05) is 11.9 Å². The molecule has 126 valence electrons. The summed E-state index contributed by atoms with van der Waals surface area (Å²) in [5.74, 6) is 0. The smallest absolute Gasteiger partial charge is 0.221 e. The van der Waals surface area contributed by atoms with Crippen LogP contribution in [0.2, 0.25) is 0 Å². The van der Waals surface area contributed by atoms with Crippen LogP contribution in [0.15, 0.2) is 47.3 Å². The zero-order valence-electron chi connectivity index (χ0n) is 13.8. The SMILES string of the molecule is CCCNS(=O)(=O)C(C)(C)c1ccc(NCc2ccoc2)cc1. The highest BCUT2D eigenvalue weighted by Crippen LogP contribution is 2.29. The van der Waals surface area contributed by atoms with Crippen LogP contribution in [0.5, 0.6) is 0 Å². The second-order valence-corrected chi connectivity index (χ2v) is 8.29. The largest absolute Gasteiger partial charge is 0.472 e. The maximum Gasteiger partial charge on any atom is 0.221 e. The summed E-state index contributed by atoms with van der Waals surface area (Å²) in [5.41, 5.74) is 2.75. The number of furan rings is 1. The van der Waals surface area contributed by atoms with Crippen LogP contribution in [0, 0.1) is 0 Å². The molecular weight excluding hydrogens is 312 g/mol. The molecule has 1 heterocycles. The van der Waals surface area contributed by atoms with Crippen molar-refractivity contribution in [2.45, 2.75) is 38.5 Å². The minimum atomic E-state index is -3.42. The van der Waals surface area contributed by atoms with E-state index < -0.39 is 14.8 Å². The first-order chi connectivity index (χ1) is 10.9.